The van der Waals surface area contributed by atoms with E-state index in [4.69, 9.17) is 0 Å². The van der Waals surface area contributed by atoms with Crippen LogP contribution in [-0.4, -0.2) is 18.9 Å². The first-order valence-corrected chi connectivity index (χ1v) is 8.20. The molecule has 0 aliphatic heterocycles. The normalized spacial score (nSPS) is 13.2. The third kappa shape index (κ3) is 5.03. The van der Waals surface area contributed by atoms with Crippen molar-refractivity contribution in [3.8, 4) is 0 Å². The molecule has 0 amide bonds. The highest BCUT2D eigenvalue weighted by atomic mass is 32.2. The maximum absolute atomic E-state index is 13.3. The molecule has 1 aromatic rings. The molecule has 1 aromatic carbocycles. The van der Waals surface area contributed by atoms with Gasteiger partial charge in [0.1, 0.15) is 0 Å². The van der Waals surface area contributed by atoms with Gasteiger partial charge in [-0.05, 0) is 37.8 Å². The minimum Gasteiger partial charge on any atom is -0.258 e. The first-order valence-electron chi connectivity index (χ1n) is 6.71. The monoisotopic (exact) mass is 332 g/mol. The number of nitrogens with one attached hydrogen (secondary N) is 1. The van der Waals surface area contributed by atoms with Crippen molar-refractivity contribution in [1.82, 2.24) is 4.72 Å². The van der Waals surface area contributed by atoms with Gasteiger partial charge in [0, 0.05) is 11.6 Å². The molecule has 0 bridgehead atoms. The maximum Gasteiger partial charge on any atom is 0.306 e. The average Bonchev–Trinajstić information content (AvgIpc) is 2.23. The number of rotatable bonds is 5. The SMILES string of the molecule is CC(C)(C)CC(C)(C)NS(=O)(=O)c1ccc(F)c([N+](=O)[O-])c1. The van der Waals surface area contributed by atoms with Crippen LogP contribution in [0, 0.1) is 21.3 Å². The Morgan fingerprint density at radius 1 is 1.23 bits per heavy atom. The van der Waals surface area contributed by atoms with E-state index < -0.39 is 32.0 Å². The summed E-state index contributed by atoms with van der Waals surface area (Å²) in [7, 11) is -3.98. The molecular formula is C14H21FN2O4S. The molecule has 8 heteroatoms. The second kappa shape index (κ2) is 5.92. The molecule has 0 heterocycles. The summed E-state index contributed by atoms with van der Waals surface area (Å²) in [5.74, 6) is -1.07. The van der Waals surface area contributed by atoms with Crippen LogP contribution in [0.4, 0.5) is 10.1 Å². The Bertz CT molecular complexity index is 679. The molecule has 0 atom stereocenters. The Morgan fingerprint density at radius 2 is 1.77 bits per heavy atom. The molecule has 0 fully saturated rings. The zero-order chi connectivity index (χ0) is 17.3. The van der Waals surface area contributed by atoms with E-state index in [9.17, 15) is 22.9 Å². The Kier molecular flexibility index (Phi) is 4.98. The lowest BCUT2D eigenvalue weighted by molar-refractivity contribution is -0.387. The number of nitrogens with zero attached hydrogens (tertiary/aromatic N) is 1. The van der Waals surface area contributed by atoms with Gasteiger partial charge in [-0.25, -0.2) is 13.1 Å². The van der Waals surface area contributed by atoms with E-state index in [2.05, 4.69) is 4.72 Å². The zero-order valence-corrected chi connectivity index (χ0v) is 14.1. The molecule has 124 valence electrons. The third-order valence-corrected chi connectivity index (χ3v) is 4.50. The van der Waals surface area contributed by atoms with Gasteiger partial charge < -0.3 is 0 Å². The topological polar surface area (TPSA) is 89.3 Å². The predicted octanol–water partition coefficient (Wildman–Crippen LogP) is 3.23. The fourth-order valence-corrected chi connectivity index (χ4v) is 4.02. The number of hydrogen-bond donors (Lipinski definition) is 1. The molecule has 0 aromatic heterocycles. The lowest BCUT2D eigenvalue weighted by Gasteiger charge is -2.32. The number of sulfonamides is 1. The second-order valence-corrected chi connectivity index (χ2v) is 8.78. The standard InChI is InChI=1S/C14H21FN2O4S/c1-13(2,3)9-14(4,5)16-22(20,21)10-6-7-11(15)12(8-10)17(18)19/h6-8,16H,9H2,1-5H3. The maximum atomic E-state index is 13.3. The highest BCUT2D eigenvalue weighted by molar-refractivity contribution is 7.89. The van der Waals surface area contributed by atoms with E-state index in [0.717, 1.165) is 18.2 Å². The average molecular weight is 332 g/mol. The van der Waals surface area contributed by atoms with Crippen LogP contribution >= 0.6 is 0 Å². The Balaban J connectivity index is 3.15. The van der Waals surface area contributed by atoms with Crippen molar-refractivity contribution in [2.24, 2.45) is 5.41 Å². The van der Waals surface area contributed by atoms with Gasteiger partial charge in [-0.3, -0.25) is 10.1 Å². The number of nitro benzene ring substituents is 1. The number of halogens is 1. The third-order valence-electron chi connectivity index (χ3n) is 2.81. The predicted molar refractivity (Wildman–Crippen MR) is 81.5 cm³/mol. The van der Waals surface area contributed by atoms with Gasteiger partial charge in [-0.1, -0.05) is 20.8 Å². The van der Waals surface area contributed by atoms with Crippen LogP contribution in [0.25, 0.3) is 0 Å². The van der Waals surface area contributed by atoms with E-state index >= 15 is 0 Å². The summed E-state index contributed by atoms with van der Waals surface area (Å²) < 4.78 is 40.6. The van der Waals surface area contributed by atoms with Crippen LogP contribution in [0.2, 0.25) is 0 Å². The Hall–Kier alpha value is -1.54. The minimum atomic E-state index is -3.98. The smallest absolute Gasteiger partial charge is 0.258 e. The first kappa shape index (κ1) is 18.5. The van der Waals surface area contributed by atoms with Gasteiger partial charge in [0.2, 0.25) is 15.8 Å². The molecule has 22 heavy (non-hydrogen) atoms. The molecule has 0 aliphatic carbocycles. The van der Waals surface area contributed by atoms with Crippen molar-refractivity contribution in [3.05, 3.63) is 34.1 Å². The van der Waals surface area contributed by atoms with Gasteiger partial charge in [0.15, 0.2) is 0 Å². The van der Waals surface area contributed by atoms with Crippen LogP contribution in [0.3, 0.4) is 0 Å². The van der Waals surface area contributed by atoms with Crippen LogP contribution in [-0.2, 0) is 10.0 Å². The van der Waals surface area contributed by atoms with Gasteiger partial charge in [0.25, 0.3) is 0 Å². The summed E-state index contributed by atoms with van der Waals surface area (Å²) >= 11 is 0. The molecule has 0 unspecified atom stereocenters. The minimum absolute atomic E-state index is 0.110. The molecule has 6 nitrogen and oxygen atoms in total. The van der Waals surface area contributed by atoms with E-state index in [0.29, 0.717) is 6.42 Å². The van der Waals surface area contributed by atoms with E-state index in [1.54, 1.807) is 13.8 Å². The van der Waals surface area contributed by atoms with E-state index in [1.807, 2.05) is 20.8 Å². The zero-order valence-electron chi connectivity index (χ0n) is 13.3. The van der Waals surface area contributed by atoms with Crippen LogP contribution < -0.4 is 4.72 Å². The van der Waals surface area contributed by atoms with E-state index in [1.165, 1.54) is 0 Å². The molecule has 0 saturated heterocycles. The Morgan fingerprint density at radius 3 is 2.23 bits per heavy atom. The van der Waals surface area contributed by atoms with Crippen molar-refractivity contribution < 1.29 is 17.7 Å². The number of nitro groups is 1. The molecule has 1 rings (SSSR count). The Labute approximate surface area is 129 Å². The molecule has 0 radical (unpaired) electrons. The largest absolute Gasteiger partial charge is 0.306 e. The molecular weight excluding hydrogens is 311 g/mol. The summed E-state index contributed by atoms with van der Waals surface area (Å²) in [4.78, 5) is 9.44. The summed E-state index contributed by atoms with van der Waals surface area (Å²) in [6, 6.07) is 2.52. The van der Waals surface area contributed by atoms with Crippen LogP contribution in [0.1, 0.15) is 41.0 Å². The van der Waals surface area contributed by atoms with Gasteiger partial charge in [-0.2, -0.15) is 4.39 Å². The van der Waals surface area contributed by atoms with Gasteiger partial charge >= 0.3 is 5.69 Å². The van der Waals surface area contributed by atoms with Gasteiger partial charge in [-0.15, -0.1) is 0 Å². The summed E-state index contributed by atoms with van der Waals surface area (Å²) in [5, 5.41) is 10.7. The van der Waals surface area contributed by atoms with Crippen LogP contribution in [0.15, 0.2) is 23.1 Å². The first-order chi connectivity index (χ1) is 9.73. The van der Waals surface area contributed by atoms with Crippen LogP contribution in [0.5, 0.6) is 0 Å². The second-order valence-electron chi connectivity index (χ2n) is 7.10. The molecule has 0 saturated carbocycles. The summed E-state index contributed by atoms with van der Waals surface area (Å²) in [6.45, 7) is 9.39. The fraction of sp³-hybridized carbons (Fsp3) is 0.571. The molecule has 1 N–H and O–H groups in total. The van der Waals surface area contributed by atoms with Crippen molar-refractivity contribution >= 4 is 15.7 Å². The van der Waals surface area contributed by atoms with Crippen molar-refractivity contribution in [2.45, 2.75) is 51.5 Å². The molecule has 0 aliphatic rings. The number of hydrogen-bond acceptors (Lipinski definition) is 4. The van der Waals surface area contributed by atoms with Crippen molar-refractivity contribution in [2.75, 3.05) is 0 Å². The van der Waals surface area contributed by atoms with Gasteiger partial charge in [0.05, 0.1) is 9.82 Å². The van der Waals surface area contributed by atoms with Crippen molar-refractivity contribution in [3.63, 3.8) is 0 Å². The summed E-state index contributed by atoms with van der Waals surface area (Å²) in [6.07, 6.45) is 0.558. The highest BCUT2D eigenvalue weighted by Crippen LogP contribution is 2.29. The van der Waals surface area contributed by atoms with E-state index in [-0.39, 0.29) is 10.3 Å². The molecule has 0 spiro atoms. The summed E-state index contributed by atoms with van der Waals surface area (Å²) in [5.41, 5.74) is -1.72. The fourth-order valence-electron chi connectivity index (χ4n) is 2.58. The lowest BCUT2D eigenvalue weighted by Crippen LogP contribution is -2.45. The van der Waals surface area contributed by atoms with Crippen molar-refractivity contribution in [1.29, 1.82) is 0 Å². The quantitative estimate of drug-likeness (QED) is 0.662. The number of benzene rings is 1. The lowest BCUT2D eigenvalue weighted by atomic mass is 9.82. The highest BCUT2D eigenvalue weighted by Gasteiger charge is 2.31.